The van der Waals surface area contributed by atoms with Gasteiger partial charge in [0.05, 0.1) is 22.7 Å². The van der Waals surface area contributed by atoms with Crippen LogP contribution >= 0.6 is 31.9 Å². The van der Waals surface area contributed by atoms with Crippen molar-refractivity contribution in [1.29, 1.82) is 0 Å². The summed E-state index contributed by atoms with van der Waals surface area (Å²) in [5, 5.41) is 45.3. The smallest absolute Gasteiger partial charge is 0.312 e. The number of carbonyl (C=O) groups is 2. The fraction of sp³-hybridized carbons (Fsp3) is 0.176. The molecule has 18 nitrogen and oxygen atoms in total. The Balaban J connectivity index is 0.000000208. The first-order chi connectivity index (χ1) is 25.8. The van der Waals surface area contributed by atoms with Crippen molar-refractivity contribution in [2.45, 2.75) is 39.1 Å². The fourth-order valence-corrected chi connectivity index (χ4v) is 5.08. The van der Waals surface area contributed by atoms with Crippen LogP contribution in [-0.2, 0) is 31.9 Å². The van der Waals surface area contributed by atoms with E-state index in [2.05, 4.69) is 62.7 Å². The minimum absolute atomic E-state index is 0.0265. The summed E-state index contributed by atoms with van der Waals surface area (Å²) in [6.45, 7) is 3.25. The van der Waals surface area contributed by atoms with Crippen molar-refractivity contribution in [3.63, 3.8) is 0 Å². The number of hydrogen-bond donors (Lipinski definition) is 0. The third-order valence-electron chi connectivity index (χ3n) is 7.31. The molecule has 276 valence electrons. The van der Waals surface area contributed by atoms with E-state index in [0.29, 0.717) is 11.1 Å². The molecule has 20 heteroatoms. The van der Waals surface area contributed by atoms with Gasteiger partial charge in [0.1, 0.15) is 0 Å². The second-order valence-corrected chi connectivity index (χ2v) is 13.1. The van der Waals surface area contributed by atoms with Crippen LogP contribution in [0.3, 0.4) is 0 Å². The van der Waals surface area contributed by atoms with Crippen LogP contribution < -0.4 is 0 Å². The number of rotatable bonds is 12. The van der Waals surface area contributed by atoms with Gasteiger partial charge in [-0.25, -0.2) is 0 Å². The van der Waals surface area contributed by atoms with Gasteiger partial charge in [-0.1, -0.05) is 56.1 Å². The van der Waals surface area contributed by atoms with Crippen LogP contribution in [0.2, 0.25) is 0 Å². The molecule has 0 spiro atoms. The van der Waals surface area contributed by atoms with Gasteiger partial charge in [-0.05, 0) is 83.9 Å². The second-order valence-electron chi connectivity index (χ2n) is 11.3. The first kappa shape index (κ1) is 38.9. The average molecular weight is 864 g/mol. The van der Waals surface area contributed by atoms with Gasteiger partial charge in [-0.15, -0.1) is 30.0 Å². The molecule has 0 saturated heterocycles. The molecule has 0 aliphatic heterocycles. The third kappa shape index (κ3) is 10.9. The Hall–Kier alpha value is -6.28. The normalized spacial score (nSPS) is 11.8. The monoisotopic (exact) mass is 862 g/mol. The largest absolute Gasteiger partial charge is 0.438 e. The first-order valence-electron chi connectivity index (χ1n) is 15.8. The van der Waals surface area contributed by atoms with Crippen LogP contribution in [0.15, 0.2) is 106 Å². The quantitative estimate of drug-likeness (QED) is 0.0715. The van der Waals surface area contributed by atoms with Crippen LogP contribution in [0, 0.1) is 20.2 Å². The summed E-state index contributed by atoms with van der Waals surface area (Å²) in [5.41, 5.74) is 2.74. The minimum Gasteiger partial charge on any atom is -0.438 e. The summed E-state index contributed by atoms with van der Waals surface area (Å²) < 4.78 is 12.5. The average Bonchev–Trinajstić information content (AvgIpc) is 3.86. The van der Waals surface area contributed by atoms with Gasteiger partial charge in [-0.2, -0.15) is 0 Å². The SMILES string of the molecule is C[C@@H](OC(=O)Cc1ccc(Br)cc1)n1nnc(-c2ccc([N+](=O)[O-])cc2)n1.C[C@@H](OC(=O)Cc1ccc(Br)cc1)n1nnc(-c2ccc([N+](=O)[O-])cc2)n1. The number of halogens is 2. The predicted molar refractivity (Wildman–Crippen MR) is 197 cm³/mol. The summed E-state index contributed by atoms with van der Waals surface area (Å²) in [4.78, 5) is 46.9. The van der Waals surface area contributed by atoms with E-state index in [1.54, 1.807) is 13.8 Å². The third-order valence-corrected chi connectivity index (χ3v) is 8.36. The molecule has 0 amide bonds. The number of tetrazole rings is 2. The van der Waals surface area contributed by atoms with Crippen molar-refractivity contribution in [2.75, 3.05) is 0 Å². The van der Waals surface area contributed by atoms with Gasteiger partial charge in [0, 0.05) is 44.3 Å². The van der Waals surface area contributed by atoms with Crippen molar-refractivity contribution in [2.24, 2.45) is 0 Å². The number of ether oxygens (including phenoxy) is 2. The maximum absolute atomic E-state index is 12.1. The maximum Gasteiger partial charge on any atom is 0.312 e. The molecule has 2 heterocycles. The van der Waals surface area contributed by atoms with E-state index in [1.807, 2.05) is 48.5 Å². The number of nitrogens with zero attached hydrogens (tertiary/aromatic N) is 10. The lowest BCUT2D eigenvalue weighted by Gasteiger charge is -2.11. The number of benzene rings is 4. The fourth-order valence-electron chi connectivity index (χ4n) is 4.55. The van der Waals surface area contributed by atoms with Crippen molar-refractivity contribution >= 4 is 55.2 Å². The van der Waals surface area contributed by atoms with Crippen molar-refractivity contribution in [1.82, 2.24) is 40.4 Å². The van der Waals surface area contributed by atoms with Gasteiger partial charge in [-0.3, -0.25) is 29.8 Å². The van der Waals surface area contributed by atoms with E-state index in [-0.39, 0.29) is 35.9 Å². The highest BCUT2D eigenvalue weighted by molar-refractivity contribution is 9.10. The van der Waals surface area contributed by atoms with Crippen LogP contribution in [0.1, 0.15) is 37.4 Å². The number of non-ortho nitro benzene ring substituents is 2. The molecule has 6 rings (SSSR count). The lowest BCUT2D eigenvalue weighted by Crippen LogP contribution is -2.18. The molecule has 2 aromatic heterocycles. The molecule has 0 fully saturated rings. The van der Waals surface area contributed by atoms with Crippen LogP contribution in [0.5, 0.6) is 0 Å². The molecule has 54 heavy (non-hydrogen) atoms. The first-order valence-corrected chi connectivity index (χ1v) is 17.4. The van der Waals surface area contributed by atoms with E-state index in [0.717, 1.165) is 20.1 Å². The highest BCUT2D eigenvalue weighted by Gasteiger charge is 2.18. The highest BCUT2D eigenvalue weighted by Crippen LogP contribution is 2.21. The standard InChI is InChI=1S/2C17H14BrN5O4/c2*1-11(27-16(24)10-12-2-6-14(18)7-3-12)22-20-17(19-21-22)13-4-8-15(9-5-13)23(25)26/h2*2-9,11H,10H2,1H3/t2*11-/m11/s1. The Morgan fingerprint density at radius 3 is 1.26 bits per heavy atom. The zero-order valence-corrected chi connectivity index (χ0v) is 31.5. The van der Waals surface area contributed by atoms with Gasteiger partial charge in [0.25, 0.3) is 11.4 Å². The van der Waals surface area contributed by atoms with Crippen molar-refractivity contribution < 1.29 is 28.9 Å². The highest BCUT2D eigenvalue weighted by atomic mass is 79.9. The van der Waals surface area contributed by atoms with Crippen molar-refractivity contribution in [3.8, 4) is 22.8 Å². The Morgan fingerprint density at radius 2 is 0.944 bits per heavy atom. The topological polar surface area (TPSA) is 226 Å². The molecule has 2 atom stereocenters. The van der Waals surface area contributed by atoms with E-state index >= 15 is 0 Å². The summed E-state index contributed by atoms with van der Waals surface area (Å²) in [5.74, 6) is -0.278. The Morgan fingerprint density at radius 1 is 0.611 bits per heavy atom. The predicted octanol–water partition coefficient (Wildman–Crippen LogP) is 6.63. The van der Waals surface area contributed by atoms with Gasteiger partial charge in [0.2, 0.25) is 24.1 Å². The molecular formula is C34H28Br2N10O8. The summed E-state index contributed by atoms with van der Waals surface area (Å²) in [7, 11) is 0. The second kappa shape index (κ2) is 18.0. The number of nitro benzene ring substituents is 2. The van der Waals surface area contributed by atoms with Gasteiger partial charge in [0.15, 0.2) is 0 Å². The summed E-state index contributed by atoms with van der Waals surface area (Å²) in [6.07, 6.45) is -1.23. The number of esters is 2. The molecule has 0 bridgehead atoms. The molecule has 6 aromatic rings. The van der Waals surface area contributed by atoms with Gasteiger partial charge >= 0.3 is 11.9 Å². The Labute approximate surface area is 322 Å². The lowest BCUT2D eigenvalue weighted by atomic mass is 10.2. The molecule has 0 unspecified atom stereocenters. The van der Waals surface area contributed by atoms with E-state index in [1.165, 1.54) is 58.1 Å². The molecular weight excluding hydrogens is 836 g/mol. The lowest BCUT2D eigenvalue weighted by molar-refractivity contribution is -0.385. The summed E-state index contributed by atoms with van der Waals surface area (Å²) >= 11 is 6.68. The molecule has 0 N–H and O–H groups in total. The summed E-state index contributed by atoms with van der Waals surface area (Å²) in [6, 6.07) is 26.3. The van der Waals surface area contributed by atoms with Crippen LogP contribution in [0.25, 0.3) is 22.8 Å². The Bertz CT molecular complexity index is 2070. The molecule has 0 saturated carbocycles. The minimum atomic E-state index is -0.743. The molecule has 0 aliphatic carbocycles. The maximum atomic E-state index is 12.1. The number of carbonyl (C=O) groups excluding carboxylic acids is 2. The number of hydrogen-bond acceptors (Lipinski definition) is 14. The van der Waals surface area contributed by atoms with Crippen LogP contribution in [-0.4, -0.2) is 62.2 Å². The number of nitro groups is 2. The van der Waals surface area contributed by atoms with E-state index in [9.17, 15) is 29.8 Å². The van der Waals surface area contributed by atoms with Crippen LogP contribution in [0.4, 0.5) is 11.4 Å². The zero-order chi connectivity index (χ0) is 38.8. The zero-order valence-electron chi connectivity index (χ0n) is 28.3. The molecule has 4 aromatic carbocycles. The van der Waals surface area contributed by atoms with Crippen molar-refractivity contribution in [3.05, 3.63) is 137 Å². The number of aromatic nitrogens is 8. The van der Waals surface area contributed by atoms with Gasteiger partial charge < -0.3 is 9.47 Å². The van der Waals surface area contributed by atoms with E-state index in [4.69, 9.17) is 9.47 Å². The Kier molecular flexibility index (Phi) is 13.0. The molecule has 0 radical (unpaired) electrons. The molecule has 0 aliphatic rings. The van der Waals surface area contributed by atoms with E-state index < -0.39 is 34.2 Å².